The lowest BCUT2D eigenvalue weighted by molar-refractivity contribution is -0.126. The third-order valence-corrected chi connectivity index (χ3v) is 5.02. The smallest absolute Gasteiger partial charge is 0.261 e. The van der Waals surface area contributed by atoms with Crippen LogP contribution >= 0.6 is 0 Å². The number of carbonyl (C=O) groups is 2. The van der Waals surface area contributed by atoms with E-state index in [1.807, 2.05) is 6.07 Å². The SMILES string of the molecule is O=C(NCCn1cnc2ccccc2c1=O)C1CC(=O)N(c2ccccc2F)C1. The molecule has 7 nitrogen and oxygen atoms in total. The summed E-state index contributed by atoms with van der Waals surface area (Å²) in [4.78, 5) is 42.7. The molecular formula is C21H19FN4O3. The maximum Gasteiger partial charge on any atom is 0.261 e. The molecule has 1 unspecified atom stereocenters. The number of hydrogen-bond acceptors (Lipinski definition) is 4. The van der Waals surface area contributed by atoms with Crippen LogP contribution in [0.5, 0.6) is 0 Å². The van der Waals surface area contributed by atoms with Gasteiger partial charge in [0, 0.05) is 26.1 Å². The Labute approximate surface area is 165 Å². The summed E-state index contributed by atoms with van der Waals surface area (Å²) < 4.78 is 15.4. The summed E-state index contributed by atoms with van der Waals surface area (Å²) >= 11 is 0. The number of rotatable bonds is 5. The van der Waals surface area contributed by atoms with Crippen molar-refractivity contribution in [2.24, 2.45) is 5.92 Å². The first kappa shape index (κ1) is 18.8. The van der Waals surface area contributed by atoms with E-state index in [-0.39, 0.29) is 49.1 Å². The maximum absolute atomic E-state index is 13.9. The van der Waals surface area contributed by atoms with Gasteiger partial charge in [0.1, 0.15) is 5.82 Å². The Morgan fingerprint density at radius 3 is 2.72 bits per heavy atom. The first-order valence-corrected chi connectivity index (χ1v) is 9.31. The summed E-state index contributed by atoms with van der Waals surface area (Å²) in [7, 11) is 0. The minimum absolute atomic E-state index is 0.0254. The van der Waals surface area contributed by atoms with Gasteiger partial charge >= 0.3 is 0 Å². The number of halogens is 1. The molecule has 1 saturated heterocycles. The quantitative estimate of drug-likeness (QED) is 0.714. The van der Waals surface area contributed by atoms with Crippen molar-refractivity contribution < 1.29 is 14.0 Å². The highest BCUT2D eigenvalue weighted by Gasteiger charge is 2.35. The van der Waals surface area contributed by atoms with Gasteiger partial charge in [-0.25, -0.2) is 9.37 Å². The molecule has 3 aromatic rings. The third-order valence-electron chi connectivity index (χ3n) is 5.02. The average molecular weight is 394 g/mol. The minimum Gasteiger partial charge on any atom is -0.354 e. The van der Waals surface area contributed by atoms with E-state index >= 15 is 0 Å². The van der Waals surface area contributed by atoms with Crippen LogP contribution in [0, 0.1) is 11.7 Å². The van der Waals surface area contributed by atoms with E-state index in [9.17, 15) is 18.8 Å². The molecular weight excluding hydrogens is 375 g/mol. The van der Waals surface area contributed by atoms with E-state index in [1.165, 1.54) is 27.9 Å². The summed E-state index contributed by atoms with van der Waals surface area (Å²) in [5.41, 5.74) is 0.628. The fraction of sp³-hybridized carbons (Fsp3) is 0.238. The van der Waals surface area contributed by atoms with Crippen molar-refractivity contribution in [3.05, 3.63) is 71.0 Å². The maximum atomic E-state index is 13.9. The Balaban J connectivity index is 1.37. The van der Waals surface area contributed by atoms with E-state index in [4.69, 9.17) is 0 Å². The molecule has 0 radical (unpaired) electrons. The normalized spacial score (nSPS) is 16.4. The van der Waals surface area contributed by atoms with Crippen LogP contribution in [0.2, 0.25) is 0 Å². The van der Waals surface area contributed by atoms with Crippen LogP contribution < -0.4 is 15.8 Å². The van der Waals surface area contributed by atoms with Crippen LogP contribution in [-0.4, -0.2) is 34.5 Å². The van der Waals surface area contributed by atoms with Gasteiger partial charge in [-0.15, -0.1) is 0 Å². The molecule has 148 valence electrons. The number of fused-ring (bicyclic) bond motifs is 1. The number of para-hydroxylation sites is 2. The standard InChI is InChI=1S/C21H19FN4O3/c22-16-6-2-4-8-18(16)26-12-14(11-19(26)27)20(28)23-9-10-25-13-24-17-7-3-1-5-15(17)21(25)29/h1-8,13-14H,9-12H2,(H,23,28). The van der Waals surface area contributed by atoms with Gasteiger partial charge in [-0.3, -0.25) is 19.0 Å². The molecule has 29 heavy (non-hydrogen) atoms. The molecule has 0 spiro atoms. The van der Waals surface area contributed by atoms with E-state index in [2.05, 4.69) is 10.3 Å². The van der Waals surface area contributed by atoms with Crippen molar-refractivity contribution in [3.8, 4) is 0 Å². The molecule has 2 heterocycles. The Morgan fingerprint density at radius 2 is 1.90 bits per heavy atom. The van der Waals surface area contributed by atoms with Crippen molar-refractivity contribution in [2.45, 2.75) is 13.0 Å². The van der Waals surface area contributed by atoms with E-state index in [0.717, 1.165) is 0 Å². The summed E-state index contributed by atoms with van der Waals surface area (Å²) in [5.74, 6) is -1.64. The van der Waals surface area contributed by atoms with Crippen LogP contribution in [0.3, 0.4) is 0 Å². The number of anilines is 1. The highest BCUT2D eigenvalue weighted by atomic mass is 19.1. The van der Waals surface area contributed by atoms with Crippen molar-refractivity contribution >= 4 is 28.4 Å². The predicted octanol–water partition coefficient (Wildman–Crippen LogP) is 1.70. The van der Waals surface area contributed by atoms with Crippen molar-refractivity contribution in [1.82, 2.24) is 14.9 Å². The second-order valence-corrected chi connectivity index (χ2v) is 6.91. The lowest BCUT2D eigenvalue weighted by Gasteiger charge is -2.17. The second kappa shape index (κ2) is 7.83. The van der Waals surface area contributed by atoms with Gasteiger partial charge in [-0.05, 0) is 24.3 Å². The fourth-order valence-electron chi connectivity index (χ4n) is 3.50. The minimum atomic E-state index is -0.562. The van der Waals surface area contributed by atoms with E-state index in [0.29, 0.717) is 10.9 Å². The number of benzene rings is 2. The average Bonchev–Trinajstić information content (AvgIpc) is 3.12. The Morgan fingerprint density at radius 1 is 1.14 bits per heavy atom. The monoisotopic (exact) mass is 394 g/mol. The summed E-state index contributed by atoms with van der Waals surface area (Å²) in [6.07, 6.45) is 1.48. The largest absolute Gasteiger partial charge is 0.354 e. The van der Waals surface area contributed by atoms with Gasteiger partial charge in [-0.2, -0.15) is 0 Å². The zero-order valence-corrected chi connectivity index (χ0v) is 15.5. The highest BCUT2D eigenvalue weighted by Crippen LogP contribution is 2.27. The summed E-state index contributed by atoms with van der Waals surface area (Å²) in [6.45, 7) is 0.617. The summed E-state index contributed by atoms with van der Waals surface area (Å²) in [5, 5.41) is 3.27. The zero-order chi connectivity index (χ0) is 20.4. The zero-order valence-electron chi connectivity index (χ0n) is 15.5. The molecule has 1 fully saturated rings. The van der Waals surface area contributed by atoms with E-state index < -0.39 is 11.7 Å². The van der Waals surface area contributed by atoms with Gasteiger partial charge in [0.2, 0.25) is 11.8 Å². The number of amides is 2. The van der Waals surface area contributed by atoms with Gasteiger partial charge in [0.15, 0.2) is 0 Å². The van der Waals surface area contributed by atoms with E-state index in [1.54, 1.807) is 30.3 Å². The molecule has 1 aromatic heterocycles. The van der Waals surface area contributed by atoms with Crippen molar-refractivity contribution in [2.75, 3.05) is 18.0 Å². The van der Waals surface area contributed by atoms with Gasteiger partial charge in [0.05, 0.1) is 28.8 Å². The van der Waals surface area contributed by atoms with Crippen LogP contribution in [-0.2, 0) is 16.1 Å². The Hall–Kier alpha value is -3.55. The first-order chi connectivity index (χ1) is 14.0. The van der Waals surface area contributed by atoms with Crippen molar-refractivity contribution in [1.29, 1.82) is 0 Å². The van der Waals surface area contributed by atoms with Gasteiger partial charge in [-0.1, -0.05) is 24.3 Å². The molecule has 8 heteroatoms. The topological polar surface area (TPSA) is 84.3 Å². The molecule has 1 atom stereocenters. The van der Waals surface area contributed by atoms with Gasteiger partial charge in [0.25, 0.3) is 5.56 Å². The number of hydrogen-bond donors (Lipinski definition) is 1. The van der Waals surface area contributed by atoms with Crippen LogP contribution in [0.1, 0.15) is 6.42 Å². The van der Waals surface area contributed by atoms with Crippen LogP contribution in [0.15, 0.2) is 59.7 Å². The predicted molar refractivity (Wildman–Crippen MR) is 106 cm³/mol. The number of aromatic nitrogens is 2. The molecule has 2 aromatic carbocycles. The fourth-order valence-corrected chi connectivity index (χ4v) is 3.50. The molecule has 1 N–H and O–H groups in total. The number of nitrogens with one attached hydrogen (secondary N) is 1. The Kier molecular flexibility index (Phi) is 5.07. The lowest BCUT2D eigenvalue weighted by Crippen LogP contribution is -2.36. The molecule has 0 bridgehead atoms. The third kappa shape index (κ3) is 3.73. The molecule has 1 aliphatic rings. The molecule has 0 saturated carbocycles. The molecule has 1 aliphatic heterocycles. The molecule has 0 aliphatic carbocycles. The van der Waals surface area contributed by atoms with Crippen LogP contribution in [0.25, 0.3) is 10.9 Å². The second-order valence-electron chi connectivity index (χ2n) is 6.91. The summed E-state index contributed by atoms with van der Waals surface area (Å²) in [6, 6.07) is 13.1. The molecule has 2 amide bonds. The lowest BCUT2D eigenvalue weighted by atomic mass is 10.1. The Bertz CT molecular complexity index is 1140. The highest BCUT2D eigenvalue weighted by molar-refractivity contribution is 6.00. The number of nitrogens with zero attached hydrogens (tertiary/aromatic N) is 3. The van der Waals surface area contributed by atoms with Gasteiger partial charge < -0.3 is 10.2 Å². The number of carbonyl (C=O) groups excluding carboxylic acids is 2. The van der Waals surface area contributed by atoms with Crippen LogP contribution in [0.4, 0.5) is 10.1 Å². The molecule has 4 rings (SSSR count). The first-order valence-electron chi connectivity index (χ1n) is 9.31. The van der Waals surface area contributed by atoms with Crippen molar-refractivity contribution in [3.63, 3.8) is 0 Å².